The molecule has 0 radical (unpaired) electrons. The summed E-state index contributed by atoms with van der Waals surface area (Å²) >= 11 is 0. The van der Waals surface area contributed by atoms with Crippen LogP contribution in [0.2, 0.25) is 0 Å². The van der Waals surface area contributed by atoms with Gasteiger partial charge in [0.05, 0.1) is 5.56 Å². The lowest BCUT2D eigenvalue weighted by molar-refractivity contribution is -0.138. The van der Waals surface area contributed by atoms with Gasteiger partial charge in [0.15, 0.2) is 0 Å². The van der Waals surface area contributed by atoms with Crippen molar-refractivity contribution in [2.75, 3.05) is 19.6 Å². The van der Waals surface area contributed by atoms with E-state index in [1.807, 2.05) is 0 Å². The van der Waals surface area contributed by atoms with Crippen molar-refractivity contribution in [3.8, 4) is 0 Å². The second-order valence-electron chi connectivity index (χ2n) is 5.63. The molecule has 0 aliphatic carbocycles. The fraction of sp³-hybridized carbons (Fsp3) is 0.625. The van der Waals surface area contributed by atoms with Gasteiger partial charge in [-0.1, -0.05) is 31.5 Å². The Hall–Kier alpha value is -1.07. The molecule has 1 heterocycles. The Labute approximate surface area is 124 Å². The van der Waals surface area contributed by atoms with E-state index in [-0.39, 0.29) is 0 Å². The zero-order valence-electron chi connectivity index (χ0n) is 12.4. The molecular formula is C16H23F3N2. The Morgan fingerprint density at radius 2 is 2.05 bits per heavy atom. The van der Waals surface area contributed by atoms with E-state index in [2.05, 4.69) is 17.1 Å². The van der Waals surface area contributed by atoms with Gasteiger partial charge in [-0.3, -0.25) is 4.90 Å². The second-order valence-corrected chi connectivity index (χ2v) is 5.63. The molecule has 5 heteroatoms. The fourth-order valence-electron chi connectivity index (χ4n) is 2.86. The van der Waals surface area contributed by atoms with Gasteiger partial charge in [-0.05, 0) is 37.6 Å². The number of rotatable bonds is 6. The number of hydrogen-bond acceptors (Lipinski definition) is 2. The van der Waals surface area contributed by atoms with Crippen LogP contribution in [0.1, 0.15) is 37.3 Å². The number of unbranched alkanes of at least 4 members (excludes halogenated alkanes) is 1. The zero-order chi connectivity index (χ0) is 15.3. The van der Waals surface area contributed by atoms with E-state index in [1.54, 1.807) is 12.1 Å². The minimum absolute atomic E-state index is 0.345. The summed E-state index contributed by atoms with van der Waals surface area (Å²) in [5, 5.41) is 3.30. The summed E-state index contributed by atoms with van der Waals surface area (Å²) in [5.41, 5.74) is -0.120. The lowest BCUT2D eigenvalue weighted by atomic mass is 10.0. The van der Waals surface area contributed by atoms with Gasteiger partial charge in [-0.15, -0.1) is 0 Å². The van der Waals surface area contributed by atoms with Crippen LogP contribution in [0.5, 0.6) is 0 Å². The Balaban J connectivity index is 2.15. The van der Waals surface area contributed by atoms with Crippen molar-refractivity contribution in [3.05, 3.63) is 35.4 Å². The normalized spacial score (nSPS) is 19.4. The molecule has 2 nitrogen and oxygen atoms in total. The molecule has 0 saturated carbocycles. The van der Waals surface area contributed by atoms with E-state index in [0.29, 0.717) is 18.2 Å². The maximum atomic E-state index is 13.1. The van der Waals surface area contributed by atoms with Crippen LogP contribution < -0.4 is 5.32 Å². The number of alkyl halides is 3. The average Bonchev–Trinajstić information content (AvgIpc) is 2.97. The average molecular weight is 300 g/mol. The summed E-state index contributed by atoms with van der Waals surface area (Å²) in [7, 11) is 0. The first kappa shape index (κ1) is 16.3. The molecule has 0 unspecified atom stereocenters. The SMILES string of the molecule is CCCCN(Cc1ccccc1C(F)(F)F)[C@H]1CCNC1. The van der Waals surface area contributed by atoms with Gasteiger partial charge in [-0.25, -0.2) is 0 Å². The molecular weight excluding hydrogens is 277 g/mol. The van der Waals surface area contributed by atoms with E-state index in [0.717, 1.165) is 38.9 Å². The quantitative estimate of drug-likeness (QED) is 0.862. The van der Waals surface area contributed by atoms with Gasteiger partial charge >= 0.3 is 6.18 Å². The highest BCUT2D eigenvalue weighted by Gasteiger charge is 2.34. The number of nitrogens with zero attached hydrogens (tertiary/aromatic N) is 1. The Morgan fingerprint density at radius 3 is 2.67 bits per heavy atom. The lowest BCUT2D eigenvalue weighted by Gasteiger charge is -2.29. The summed E-state index contributed by atoms with van der Waals surface area (Å²) in [5.74, 6) is 0. The topological polar surface area (TPSA) is 15.3 Å². The van der Waals surface area contributed by atoms with Crippen LogP contribution in [0, 0.1) is 0 Å². The van der Waals surface area contributed by atoms with Crippen LogP contribution in [0.15, 0.2) is 24.3 Å². The molecule has 1 N–H and O–H groups in total. The first-order valence-corrected chi connectivity index (χ1v) is 7.62. The fourth-order valence-corrected chi connectivity index (χ4v) is 2.86. The van der Waals surface area contributed by atoms with Crippen molar-refractivity contribution in [3.63, 3.8) is 0 Å². The third-order valence-electron chi connectivity index (χ3n) is 4.05. The largest absolute Gasteiger partial charge is 0.416 e. The predicted octanol–water partition coefficient (Wildman–Crippen LogP) is 3.67. The predicted molar refractivity (Wildman–Crippen MR) is 78.0 cm³/mol. The van der Waals surface area contributed by atoms with E-state index < -0.39 is 11.7 Å². The maximum absolute atomic E-state index is 13.1. The van der Waals surface area contributed by atoms with Gasteiger partial charge in [-0.2, -0.15) is 13.2 Å². The Morgan fingerprint density at radius 1 is 1.29 bits per heavy atom. The zero-order valence-corrected chi connectivity index (χ0v) is 12.4. The molecule has 0 spiro atoms. The second kappa shape index (κ2) is 7.27. The molecule has 2 rings (SSSR count). The van der Waals surface area contributed by atoms with E-state index in [4.69, 9.17) is 0 Å². The van der Waals surface area contributed by atoms with Crippen LogP contribution in [0.4, 0.5) is 13.2 Å². The van der Waals surface area contributed by atoms with Crippen molar-refractivity contribution >= 4 is 0 Å². The minimum atomic E-state index is -4.28. The standard InChI is InChI=1S/C16H23F3N2/c1-2-3-10-21(14-8-9-20-11-14)12-13-6-4-5-7-15(13)16(17,18)19/h4-7,14,20H,2-3,8-12H2,1H3/t14-/m0/s1. The van der Waals surface area contributed by atoms with Crippen molar-refractivity contribution in [2.24, 2.45) is 0 Å². The first-order chi connectivity index (χ1) is 10.0. The highest BCUT2D eigenvalue weighted by atomic mass is 19.4. The molecule has 1 saturated heterocycles. The molecule has 118 valence electrons. The summed E-state index contributed by atoms with van der Waals surface area (Å²) < 4.78 is 39.3. The maximum Gasteiger partial charge on any atom is 0.416 e. The highest BCUT2D eigenvalue weighted by Crippen LogP contribution is 2.32. The van der Waals surface area contributed by atoms with E-state index in [1.165, 1.54) is 12.1 Å². The molecule has 0 aromatic heterocycles. The van der Waals surface area contributed by atoms with Crippen molar-refractivity contribution in [2.45, 2.75) is 44.9 Å². The summed E-state index contributed by atoms with van der Waals surface area (Å²) in [6.45, 7) is 5.16. The molecule has 1 atom stereocenters. The molecule has 0 amide bonds. The number of halogens is 3. The van der Waals surface area contributed by atoms with Crippen LogP contribution in [-0.4, -0.2) is 30.6 Å². The van der Waals surface area contributed by atoms with Crippen molar-refractivity contribution in [1.29, 1.82) is 0 Å². The Bertz CT molecular complexity index is 439. The lowest BCUT2D eigenvalue weighted by Crippen LogP contribution is -2.37. The van der Waals surface area contributed by atoms with Crippen LogP contribution in [0.3, 0.4) is 0 Å². The minimum Gasteiger partial charge on any atom is -0.315 e. The summed E-state index contributed by atoms with van der Waals surface area (Å²) in [6.07, 6.45) is -1.19. The highest BCUT2D eigenvalue weighted by molar-refractivity contribution is 5.29. The number of hydrogen-bond donors (Lipinski definition) is 1. The van der Waals surface area contributed by atoms with Crippen molar-refractivity contribution in [1.82, 2.24) is 10.2 Å². The molecule has 21 heavy (non-hydrogen) atoms. The monoisotopic (exact) mass is 300 g/mol. The van der Waals surface area contributed by atoms with Gasteiger partial charge in [0, 0.05) is 19.1 Å². The van der Waals surface area contributed by atoms with Gasteiger partial charge in [0.1, 0.15) is 0 Å². The van der Waals surface area contributed by atoms with E-state index in [9.17, 15) is 13.2 Å². The smallest absolute Gasteiger partial charge is 0.315 e. The van der Waals surface area contributed by atoms with Crippen LogP contribution in [-0.2, 0) is 12.7 Å². The summed E-state index contributed by atoms with van der Waals surface area (Å²) in [6, 6.07) is 6.28. The number of nitrogens with one attached hydrogen (secondary N) is 1. The third kappa shape index (κ3) is 4.45. The molecule has 1 aromatic rings. The molecule has 1 aromatic carbocycles. The van der Waals surface area contributed by atoms with Gasteiger partial charge < -0.3 is 5.32 Å². The van der Waals surface area contributed by atoms with Crippen LogP contribution in [0.25, 0.3) is 0 Å². The van der Waals surface area contributed by atoms with Crippen molar-refractivity contribution < 1.29 is 13.2 Å². The number of benzene rings is 1. The molecule has 0 bridgehead atoms. The van der Waals surface area contributed by atoms with E-state index >= 15 is 0 Å². The van der Waals surface area contributed by atoms with Crippen LogP contribution >= 0.6 is 0 Å². The molecule has 1 aliphatic heterocycles. The third-order valence-corrected chi connectivity index (χ3v) is 4.05. The van der Waals surface area contributed by atoms with Gasteiger partial charge in [0.2, 0.25) is 0 Å². The first-order valence-electron chi connectivity index (χ1n) is 7.62. The molecule has 1 aliphatic rings. The molecule has 1 fully saturated rings. The summed E-state index contributed by atoms with van der Waals surface area (Å²) in [4.78, 5) is 2.20. The van der Waals surface area contributed by atoms with Gasteiger partial charge in [0.25, 0.3) is 0 Å². The Kier molecular flexibility index (Phi) is 5.65.